The van der Waals surface area contributed by atoms with Crippen LogP contribution in [0.2, 0.25) is 0 Å². The number of hydrogen-bond acceptors (Lipinski definition) is 3. The van der Waals surface area contributed by atoms with Crippen molar-refractivity contribution in [2.24, 2.45) is 10.3 Å². The maximum atomic E-state index is 11.1. The molecule has 0 N–H and O–H groups in total. The lowest BCUT2D eigenvalue weighted by molar-refractivity contribution is -0.128. The van der Waals surface area contributed by atoms with E-state index in [-0.39, 0.29) is 12.5 Å². The SMILES string of the molecule is O=C1CN=NN1Cc1ccccc1. The number of carbonyl (C=O) groups excluding carboxylic acids is 1. The van der Waals surface area contributed by atoms with E-state index in [1.165, 1.54) is 5.01 Å². The molecule has 0 atom stereocenters. The summed E-state index contributed by atoms with van der Waals surface area (Å²) in [5, 5.41) is 8.75. The van der Waals surface area contributed by atoms with Crippen molar-refractivity contribution in [2.45, 2.75) is 6.54 Å². The number of carbonyl (C=O) groups is 1. The fraction of sp³-hybridized carbons (Fsp3) is 0.222. The van der Waals surface area contributed by atoms with Crippen molar-refractivity contribution in [3.05, 3.63) is 35.9 Å². The maximum absolute atomic E-state index is 11.1. The number of hydrogen-bond donors (Lipinski definition) is 0. The van der Waals surface area contributed by atoms with Crippen molar-refractivity contribution in [1.29, 1.82) is 0 Å². The number of rotatable bonds is 2. The van der Waals surface area contributed by atoms with Gasteiger partial charge in [-0.3, -0.25) is 4.79 Å². The van der Waals surface area contributed by atoms with Crippen molar-refractivity contribution in [3.8, 4) is 0 Å². The highest BCUT2D eigenvalue weighted by Gasteiger charge is 2.17. The molecular weight excluding hydrogens is 166 g/mol. The second-order valence-electron chi connectivity index (χ2n) is 2.83. The summed E-state index contributed by atoms with van der Waals surface area (Å²) in [6.45, 7) is 0.704. The van der Waals surface area contributed by atoms with E-state index in [1.54, 1.807) is 0 Å². The van der Waals surface area contributed by atoms with Crippen LogP contribution < -0.4 is 0 Å². The molecule has 4 nitrogen and oxygen atoms in total. The first-order chi connectivity index (χ1) is 6.36. The van der Waals surface area contributed by atoms with Crippen LogP contribution in [0.3, 0.4) is 0 Å². The van der Waals surface area contributed by atoms with Crippen molar-refractivity contribution in [3.63, 3.8) is 0 Å². The molecule has 13 heavy (non-hydrogen) atoms. The lowest BCUT2D eigenvalue weighted by atomic mass is 10.2. The molecular formula is C9H9N3O. The van der Waals surface area contributed by atoms with E-state index in [2.05, 4.69) is 10.3 Å². The van der Waals surface area contributed by atoms with Crippen molar-refractivity contribution >= 4 is 5.91 Å². The Morgan fingerprint density at radius 3 is 2.69 bits per heavy atom. The highest BCUT2D eigenvalue weighted by molar-refractivity contribution is 5.79. The van der Waals surface area contributed by atoms with Gasteiger partial charge >= 0.3 is 0 Å². The Kier molecular flexibility index (Phi) is 2.04. The summed E-state index contributed by atoms with van der Waals surface area (Å²) in [6, 6.07) is 9.74. The fourth-order valence-corrected chi connectivity index (χ4v) is 1.18. The number of nitrogens with zero attached hydrogens (tertiary/aromatic N) is 3. The smallest absolute Gasteiger partial charge is 0.267 e. The summed E-state index contributed by atoms with van der Waals surface area (Å²) in [5.74, 6) is -0.0381. The van der Waals surface area contributed by atoms with E-state index in [9.17, 15) is 4.79 Å². The van der Waals surface area contributed by atoms with Crippen LogP contribution in [0.25, 0.3) is 0 Å². The minimum Gasteiger partial charge on any atom is -0.271 e. The van der Waals surface area contributed by atoms with Crippen LogP contribution in [-0.2, 0) is 11.3 Å². The Balaban J connectivity index is 2.06. The Hall–Kier alpha value is -1.71. The van der Waals surface area contributed by atoms with E-state index in [4.69, 9.17) is 0 Å². The lowest BCUT2D eigenvalue weighted by Gasteiger charge is -2.08. The molecule has 2 rings (SSSR count). The van der Waals surface area contributed by atoms with E-state index in [1.807, 2.05) is 30.3 Å². The normalized spacial score (nSPS) is 15.4. The Labute approximate surface area is 75.9 Å². The summed E-state index contributed by atoms with van der Waals surface area (Å²) in [4.78, 5) is 11.1. The van der Waals surface area contributed by atoms with Crippen LogP contribution in [0, 0.1) is 0 Å². The van der Waals surface area contributed by atoms with Gasteiger partial charge in [0, 0.05) is 0 Å². The van der Waals surface area contributed by atoms with Gasteiger partial charge < -0.3 is 0 Å². The molecule has 0 unspecified atom stereocenters. The molecule has 1 aliphatic rings. The highest BCUT2D eigenvalue weighted by atomic mass is 16.2. The summed E-state index contributed by atoms with van der Waals surface area (Å²) in [7, 11) is 0. The van der Waals surface area contributed by atoms with E-state index in [0.717, 1.165) is 5.56 Å². The van der Waals surface area contributed by atoms with Gasteiger partial charge in [0.25, 0.3) is 5.91 Å². The summed E-state index contributed by atoms with van der Waals surface area (Å²) < 4.78 is 0. The number of amides is 1. The average Bonchev–Trinajstić information content (AvgIpc) is 2.54. The Morgan fingerprint density at radius 1 is 1.31 bits per heavy atom. The van der Waals surface area contributed by atoms with Crippen LogP contribution >= 0.6 is 0 Å². The standard InChI is InChI=1S/C9H9N3O/c13-9-6-10-11-12(9)7-8-4-2-1-3-5-8/h1-5H,6-7H2. The molecule has 1 aromatic rings. The van der Waals surface area contributed by atoms with Gasteiger partial charge in [-0.2, -0.15) is 5.11 Å². The largest absolute Gasteiger partial charge is 0.271 e. The first-order valence-electron chi connectivity index (χ1n) is 4.08. The summed E-state index contributed by atoms with van der Waals surface area (Å²) in [5.41, 5.74) is 1.07. The van der Waals surface area contributed by atoms with Gasteiger partial charge in [-0.15, -0.1) is 0 Å². The van der Waals surface area contributed by atoms with E-state index < -0.39 is 0 Å². The van der Waals surface area contributed by atoms with Gasteiger partial charge in [-0.05, 0) is 5.56 Å². The molecule has 0 fully saturated rings. The van der Waals surface area contributed by atoms with Crippen LogP contribution in [0.4, 0.5) is 0 Å². The highest BCUT2D eigenvalue weighted by Crippen LogP contribution is 2.09. The van der Waals surface area contributed by atoms with Crippen molar-refractivity contribution < 1.29 is 4.79 Å². The van der Waals surface area contributed by atoms with Gasteiger partial charge in [-0.25, -0.2) is 5.01 Å². The quantitative estimate of drug-likeness (QED) is 0.670. The zero-order valence-corrected chi connectivity index (χ0v) is 7.05. The molecule has 0 radical (unpaired) electrons. The third kappa shape index (κ3) is 1.72. The molecule has 66 valence electrons. The van der Waals surface area contributed by atoms with Gasteiger partial charge in [0.2, 0.25) is 0 Å². The average molecular weight is 175 g/mol. The number of benzene rings is 1. The summed E-state index contributed by atoms with van der Waals surface area (Å²) in [6.07, 6.45) is 0. The zero-order valence-electron chi connectivity index (χ0n) is 7.05. The first kappa shape index (κ1) is 7.91. The molecule has 0 aliphatic carbocycles. The van der Waals surface area contributed by atoms with Gasteiger partial charge in [0.15, 0.2) is 0 Å². The molecule has 1 heterocycles. The third-order valence-corrected chi connectivity index (χ3v) is 1.84. The fourth-order valence-electron chi connectivity index (χ4n) is 1.18. The molecule has 0 saturated heterocycles. The molecule has 1 aromatic carbocycles. The molecule has 4 heteroatoms. The zero-order chi connectivity index (χ0) is 9.10. The van der Waals surface area contributed by atoms with Gasteiger partial charge in [-0.1, -0.05) is 35.6 Å². The van der Waals surface area contributed by atoms with Gasteiger partial charge in [0.1, 0.15) is 6.54 Å². The van der Waals surface area contributed by atoms with Crippen LogP contribution in [0.1, 0.15) is 5.56 Å². The van der Waals surface area contributed by atoms with Crippen LogP contribution in [0.15, 0.2) is 40.7 Å². The van der Waals surface area contributed by atoms with Gasteiger partial charge in [0.05, 0.1) is 6.54 Å². The summed E-state index contributed by atoms with van der Waals surface area (Å²) >= 11 is 0. The van der Waals surface area contributed by atoms with E-state index >= 15 is 0 Å². The van der Waals surface area contributed by atoms with Crippen LogP contribution in [0.5, 0.6) is 0 Å². The second-order valence-corrected chi connectivity index (χ2v) is 2.83. The first-order valence-corrected chi connectivity index (χ1v) is 4.08. The van der Waals surface area contributed by atoms with Crippen molar-refractivity contribution in [2.75, 3.05) is 6.54 Å². The predicted molar refractivity (Wildman–Crippen MR) is 46.7 cm³/mol. The van der Waals surface area contributed by atoms with E-state index in [0.29, 0.717) is 6.54 Å². The van der Waals surface area contributed by atoms with Crippen LogP contribution in [-0.4, -0.2) is 17.5 Å². The molecule has 0 bridgehead atoms. The topological polar surface area (TPSA) is 45.0 Å². The van der Waals surface area contributed by atoms with Crippen molar-refractivity contribution in [1.82, 2.24) is 5.01 Å². The molecule has 1 aliphatic heterocycles. The Bertz CT molecular complexity index is 334. The second kappa shape index (κ2) is 3.35. The monoisotopic (exact) mass is 175 g/mol. The molecule has 0 spiro atoms. The predicted octanol–water partition coefficient (Wildman–Crippen LogP) is 1.40. The lowest BCUT2D eigenvalue weighted by Crippen LogP contribution is -2.21. The Morgan fingerprint density at radius 2 is 2.08 bits per heavy atom. The molecule has 0 aromatic heterocycles. The third-order valence-electron chi connectivity index (χ3n) is 1.84. The molecule has 1 amide bonds. The maximum Gasteiger partial charge on any atom is 0.267 e. The molecule has 0 saturated carbocycles. The minimum absolute atomic E-state index is 0.0381. The minimum atomic E-state index is -0.0381.